The largest absolute Gasteiger partial charge is 0.312 e. The van der Waals surface area contributed by atoms with E-state index in [4.69, 9.17) is 23.2 Å². The molecule has 3 aliphatic carbocycles. The van der Waals surface area contributed by atoms with E-state index >= 15 is 0 Å². The van der Waals surface area contributed by atoms with Crippen LogP contribution in [0.2, 0.25) is 0 Å². The smallest absolute Gasteiger partial charge is 0.0363 e. The number of nitrogens with one attached hydrogen (secondary N) is 1. The predicted molar refractivity (Wildman–Crippen MR) is 143 cm³/mol. The highest BCUT2D eigenvalue weighted by Gasteiger charge is 2.28. The highest BCUT2D eigenvalue weighted by molar-refractivity contribution is 6.31. The molecule has 2 nitrogen and oxygen atoms in total. The summed E-state index contributed by atoms with van der Waals surface area (Å²) in [7, 11) is 0. The molecule has 1 fully saturated rings. The van der Waals surface area contributed by atoms with Gasteiger partial charge in [0.25, 0.3) is 0 Å². The van der Waals surface area contributed by atoms with Crippen molar-refractivity contribution in [3.63, 3.8) is 0 Å². The van der Waals surface area contributed by atoms with Crippen molar-refractivity contribution in [3.8, 4) is 0 Å². The molecule has 0 bridgehead atoms. The summed E-state index contributed by atoms with van der Waals surface area (Å²) in [4.78, 5) is 2.69. The number of hydrogen-bond donors (Lipinski definition) is 1. The molecule has 0 aromatic heterocycles. The van der Waals surface area contributed by atoms with Crippen molar-refractivity contribution >= 4 is 23.2 Å². The first kappa shape index (κ1) is 25.0. The van der Waals surface area contributed by atoms with Crippen LogP contribution in [0.5, 0.6) is 0 Å². The summed E-state index contributed by atoms with van der Waals surface area (Å²) in [5, 5.41) is 5.80. The van der Waals surface area contributed by atoms with Crippen molar-refractivity contribution in [1.82, 2.24) is 10.2 Å². The van der Waals surface area contributed by atoms with Gasteiger partial charge in [-0.15, -0.1) is 0 Å². The molecule has 0 amide bonds. The Bertz CT molecular complexity index is 840. The van der Waals surface area contributed by atoms with E-state index in [0.717, 1.165) is 48.3 Å². The van der Waals surface area contributed by atoms with Crippen LogP contribution >= 0.6 is 23.2 Å². The Kier molecular flexibility index (Phi) is 9.16. The molecule has 33 heavy (non-hydrogen) atoms. The lowest BCUT2D eigenvalue weighted by molar-refractivity contribution is 0.138. The van der Waals surface area contributed by atoms with Gasteiger partial charge in [0.1, 0.15) is 0 Å². The fourth-order valence-electron chi connectivity index (χ4n) is 5.65. The Morgan fingerprint density at radius 3 is 2.61 bits per heavy atom. The molecule has 4 atom stereocenters. The summed E-state index contributed by atoms with van der Waals surface area (Å²) in [5.41, 5.74) is 1.42. The van der Waals surface area contributed by atoms with Crippen molar-refractivity contribution in [1.29, 1.82) is 0 Å². The van der Waals surface area contributed by atoms with E-state index < -0.39 is 0 Å². The summed E-state index contributed by atoms with van der Waals surface area (Å²) in [5.74, 6) is 3.10. The fourth-order valence-corrected chi connectivity index (χ4v) is 6.05. The van der Waals surface area contributed by atoms with Gasteiger partial charge in [-0.2, -0.15) is 0 Å². The number of halogens is 2. The molecule has 0 saturated carbocycles. The molecule has 1 N–H and O–H groups in total. The first-order valence-corrected chi connectivity index (χ1v) is 13.6. The SMILES string of the molecule is CC(C)[C@H](CN1CCC(C2C=CC(Cl)=CC2)CC1)NCC1C=C(C2C=CC=C(Cl)C2)C=CC1. The van der Waals surface area contributed by atoms with Crippen LogP contribution < -0.4 is 5.32 Å². The van der Waals surface area contributed by atoms with Crippen LogP contribution in [0.4, 0.5) is 0 Å². The number of hydrogen-bond acceptors (Lipinski definition) is 2. The highest BCUT2D eigenvalue weighted by atomic mass is 35.5. The van der Waals surface area contributed by atoms with E-state index in [1.54, 1.807) is 0 Å². The lowest BCUT2D eigenvalue weighted by atomic mass is 9.80. The average molecular weight is 488 g/mol. The van der Waals surface area contributed by atoms with Crippen LogP contribution in [0.3, 0.4) is 0 Å². The number of rotatable bonds is 8. The zero-order valence-corrected chi connectivity index (χ0v) is 21.7. The second-order valence-corrected chi connectivity index (χ2v) is 11.5. The molecule has 0 radical (unpaired) electrons. The van der Waals surface area contributed by atoms with E-state index in [0.29, 0.717) is 29.7 Å². The average Bonchev–Trinajstić information content (AvgIpc) is 2.83. The van der Waals surface area contributed by atoms with Crippen LogP contribution in [0.25, 0.3) is 0 Å². The van der Waals surface area contributed by atoms with Gasteiger partial charge < -0.3 is 10.2 Å². The maximum atomic E-state index is 6.29. The van der Waals surface area contributed by atoms with Crippen molar-refractivity contribution < 1.29 is 0 Å². The van der Waals surface area contributed by atoms with Gasteiger partial charge in [-0.1, -0.05) is 79.6 Å². The van der Waals surface area contributed by atoms with E-state index in [1.807, 2.05) is 6.08 Å². The fraction of sp³-hybridized carbons (Fsp3) is 0.586. The second-order valence-electron chi connectivity index (χ2n) is 10.6. The molecule has 1 saturated heterocycles. The molecule has 180 valence electrons. The minimum atomic E-state index is 0.425. The van der Waals surface area contributed by atoms with Gasteiger partial charge in [-0.05, 0) is 86.6 Å². The molecule has 0 spiro atoms. The predicted octanol–water partition coefficient (Wildman–Crippen LogP) is 7.21. The Hall–Kier alpha value is -1.06. The topological polar surface area (TPSA) is 15.3 Å². The van der Waals surface area contributed by atoms with E-state index in [9.17, 15) is 0 Å². The Balaban J connectivity index is 1.24. The van der Waals surface area contributed by atoms with E-state index in [2.05, 4.69) is 72.7 Å². The standard InChI is InChI=1S/C29H40Cl2N2/c1-21(2)29(20-33-15-13-24(14-16-33)23-9-11-27(30)12-10-23)32-19-22-5-3-6-25(17-22)26-7-4-8-28(31)18-26/h3-4,6-9,11-12,17,21-24,26,29,32H,5,10,13-16,18-20H2,1-2H3/t22?,23?,26?,29-/m0/s1. The van der Waals surface area contributed by atoms with Gasteiger partial charge in [0.15, 0.2) is 0 Å². The summed E-state index contributed by atoms with van der Waals surface area (Å²) < 4.78 is 0. The number of allylic oxidation sites excluding steroid dienone is 11. The van der Waals surface area contributed by atoms with Gasteiger partial charge >= 0.3 is 0 Å². The first-order chi connectivity index (χ1) is 16.0. The van der Waals surface area contributed by atoms with E-state index in [-0.39, 0.29) is 0 Å². The van der Waals surface area contributed by atoms with Gasteiger partial charge in [0.2, 0.25) is 0 Å². The number of likely N-dealkylation sites (tertiary alicyclic amines) is 1. The normalized spacial score (nSPS) is 29.7. The van der Waals surface area contributed by atoms with Crippen LogP contribution in [0.15, 0.2) is 70.3 Å². The first-order valence-electron chi connectivity index (χ1n) is 12.9. The van der Waals surface area contributed by atoms with Crippen LogP contribution in [-0.2, 0) is 0 Å². The minimum Gasteiger partial charge on any atom is -0.312 e. The number of nitrogens with zero attached hydrogens (tertiary/aromatic N) is 1. The molecule has 4 aliphatic rings. The van der Waals surface area contributed by atoms with Crippen molar-refractivity contribution in [2.45, 2.75) is 52.0 Å². The highest BCUT2D eigenvalue weighted by Crippen LogP contribution is 2.33. The van der Waals surface area contributed by atoms with Crippen LogP contribution in [0.1, 0.15) is 46.0 Å². The zero-order chi connectivity index (χ0) is 23.2. The third-order valence-electron chi connectivity index (χ3n) is 7.87. The summed E-state index contributed by atoms with van der Waals surface area (Å²) in [6.45, 7) is 9.35. The maximum Gasteiger partial charge on any atom is 0.0363 e. The van der Waals surface area contributed by atoms with E-state index in [1.165, 1.54) is 31.5 Å². The molecular formula is C29H40Cl2N2. The molecule has 1 heterocycles. The van der Waals surface area contributed by atoms with Crippen LogP contribution in [-0.4, -0.2) is 37.1 Å². The summed E-state index contributed by atoms with van der Waals surface area (Å²) in [6.07, 6.45) is 25.9. The molecule has 0 aromatic carbocycles. The van der Waals surface area contributed by atoms with Gasteiger partial charge in [0, 0.05) is 35.1 Å². The van der Waals surface area contributed by atoms with Gasteiger partial charge in [-0.3, -0.25) is 0 Å². The molecule has 4 heteroatoms. The quantitative estimate of drug-likeness (QED) is 0.389. The lowest BCUT2D eigenvalue weighted by Gasteiger charge is -2.38. The summed E-state index contributed by atoms with van der Waals surface area (Å²) >= 11 is 12.4. The molecule has 1 aliphatic heterocycles. The monoisotopic (exact) mass is 486 g/mol. The Morgan fingerprint density at radius 2 is 1.91 bits per heavy atom. The third kappa shape index (κ3) is 7.21. The van der Waals surface area contributed by atoms with Crippen molar-refractivity contribution in [2.24, 2.45) is 29.6 Å². The molecule has 0 aromatic rings. The third-order valence-corrected chi connectivity index (χ3v) is 8.43. The zero-order valence-electron chi connectivity index (χ0n) is 20.2. The second kappa shape index (κ2) is 12.1. The number of piperidine rings is 1. The van der Waals surface area contributed by atoms with Gasteiger partial charge in [-0.25, -0.2) is 0 Å². The Morgan fingerprint density at radius 1 is 1.09 bits per heavy atom. The molecule has 3 unspecified atom stereocenters. The van der Waals surface area contributed by atoms with Crippen LogP contribution in [0, 0.1) is 29.6 Å². The van der Waals surface area contributed by atoms with Crippen molar-refractivity contribution in [3.05, 3.63) is 70.3 Å². The van der Waals surface area contributed by atoms with Crippen molar-refractivity contribution in [2.75, 3.05) is 26.2 Å². The maximum absolute atomic E-state index is 6.29. The Labute approximate surface area is 211 Å². The minimum absolute atomic E-state index is 0.425. The lowest BCUT2D eigenvalue weighted by Crippen LogP contribution is -2.48. The molecular weight excluding hydrogens is 447 g/mol. The van der Waals surface area contributed by atoms with Gasteiger partial charge in [0.05, 0.1) is 0 Å². The summed E-state index contributed by atoms with van der Waals surface area (Å²) in [6, 6.07) is 0.535. The molecule has 4 rings (SSSR count).